The molecule has 1 aromatic rings. The van der Waals surface area contributed by atoms with Crippen LogP contribution in [0.5, 0.6) is 0 Å². The molecule has 1 aromatic heterocycles. The molecule has 1 rings (SSSR count). The van der Waals surface area contributed by atoms with Gasteiger partial charge in [-0.2, -0.15) is 0 Å². The van der Waals surface area contributed by atoms with Gasteiger partial charge in [-0.3, -0.25) is 0 Å². The van der Waals surface area contributed by atoms with Crippen LogP contribution >= 0.6 is 11.5 Å². The zero-order chi connectivity index (χ0) is 5.98. The van der Waals surface area contributed by atoms with Crippen LogP contribution in [0.25, 0.3) is 0 Å². The molecule has 0 aliphatic carbocycles. The fraction of sp³-hybridized carbons (Fsp3) is 0.500. The molecule has 0 aliphatic rings. The molecule has 0 N–H and O–H groups in total. The summed E-state index contributed by atoms with van der Waals surface area (Å²) >= 11 is 1.58. The van der Waals surface area contributed by atoms with Crippen LogP contribution in [0.15, 0.2) is 6.20 Å². The Morgan fingerprint density at radius 2 is 2.50 bits per heavy atom. The Morgan fingerprint density at radius 1 is 1.75 bits per heavy atom. The molecular formula is C6H9NS. The summed E-state index contributed by atoms with van der Waals surface area (Å²) in [5, 5.41) is 0. The van der Waals surface area contributed by atoms with Crippen LogP contribution in [0.1, 0.15) is 17.4 Å². The largest absolute Gasteiger partial charge is 0.201 e. The summed E-state index contributed by atoms with van der Waals surface area (Å²) < 4.78 is 4.03. The maximum absolute atomic E-state index is 4.03. The molecule has 0 bridgehead atoms. The van der Waals surface area contributed by atoms with Crippen molar-refractivity contribution in [3.8, 4) is 0 Å². The Balaban J connectivity index is 2.92. The van der Waals surface area contributed by atoms with Crippen LogP contribution < -0.4 is 0 Å². The van der Waals surface area contributed by atoms with Crippen molar-refractivity contribution in [2.24, 2.45) is 0 Å². The zero-order valence-corrected chi connectivity index (χ0v) is 5.96. The highest BCUT2D eigenvalue weighted by molar-refractivity contribution is 7.05. The average molecular weight is 127 g/mol. The quantitative estimate of drug-likeness (QED) is 0.562. The molecule has 0 aromatic carbocycles. The van der Waals surface area contributed by atoms with Crippen molar-refractivity contribution in [1.29, 1.82) is 0 Å². The van der Waals surface area contributed by atoms with Crippen LogP contribution in [-0.2, 0) is 6.42 Å². The van der Waals surface area contributed by atoms with Crippen LogP contribution in [-0.4, -0.2) is 4.37 Å². The first-order valence-electron chi connectivity index (χ1n) is 2.74. The van der Waals surface area contributed by atoms with E-state index in [1.807, 2.05) is 6.20 Å². The van der Waals surface area contributed by atoms with E-state index in [4.69, 9.17) is 0 Å². The van der Waals surface area contributed by atoms with E-state index in [0.29, 0.717) is 0 Å². The third-order valence-electron chi connectivity index (χ3n) is 1.23. The number of nitrogens with zero attached hydrogens (tertiary/aromatic N) is 1. The van der Waals surface area contributed by atoms with Crippen molar-refractivity contribution < 1.29 is 0 Å². The van der Waals surface area contributed by atoms with E-state index >= 15 is 0 Å². The van der Waals surface area contributed by atoms with Crippen molar-refractivity contribution in [1.82, 2.24) is 4.37 Å². The van der Waals surface area contributed by atoms with Gasteiger partial charge in [-0.05, 0) is 30.4 Å². The van der Waals surface area contributed by atoms with Crippen molar-refractivity contribution in [2.75, 3.05) is 0 Å². The number of aromatic nitrogens is 1. The van der Waals surface area contributed by atoms with E-state index in [2.05, 4.69) is 18.2 Å². The van der Waals surface area contributed by atoms with E-state index in [1.165, 1.54) is 10.4 Å². The standard InChI is InChI=1S/C6H9NS/c1-3-6-4-7-8-5(6)2/h4H,3H2,1-2H3. The molecule has 1 heterocycles. The topological polar surface area (TPSA) is 12.9 Å². The molecule has 0 aliphatic heterocycles. The molecule has 0 fully saturated rings. The monoisotopic (exact) mass is 127 g/mol. The summed E-state index contributed by atoms with van der Waals surface area (Å²) in [6.45, 7) is 4.26. The molecule has 0 radical (unpaired) electrons. The number of hydrogen-bond acceptors (Lipinski definition) is 2. The van der Waals surface area contributed by atoms with Gasteiger partial charge in [0.25, 0.3) is 0 Å². The van der Waals surface area contributed by atoms with E-state index in [-0.39, 0.29) is 0 Å². The molecule has 8 heavy (non-hydrogen) atoms. The second-order valence-corrected chi connectivity index (χ2v) is 2.77. The van der Waals surface area contributed by atoms with E-state index in [9.17, 15) is 0 Å². The van der Waals surface area contributed by atoms with Gasteiger partial charge in [0.2, 0.25) is 0 Å². The van der Waals surface area contributed by atoms with Crippen molar-refractivity contribution in [2.45, 2.75) is 20.3 Å². The molecular weight excluding hydrogens is 118 g/mol. The van der Waals surface area contributed by atoms with Crippen LogP contribution in [0, 0.1) is 6.92 Å². The lowest BCUT2D eigenvalue weighted by atomic mass is 10.2. The normalized spacial score (nSPS) is 9.75. The van der Waals surface area contributed by atoms with Crippen molar-refractivity contribution in [3.05, 3.63) is 16.6 Å². The molecule has 0 unspecified atom stereocenters. The van der Waals surface area contributed by atoms with Gasteiger partial charge < -0.3 is 0 Å². The lowest BCUT2D eigenvalue weighted by Gasteiger charge is -1.85. The van der Waals surface area contributed by atoms with Crippen LogP contribution in [0.4, 0.5) is 0 Å². The predicted molar refractivity (Wildman–Crippen MR) is 36.2 cm³/mol. The second-order valence-electron chi connectivity index (χ2n) is 1.76. The fourth-order valence-corrected chi connectivity index (χ4v) is 1.31. The predicted octanol–water partition coefficient (Wildman–Crippen LogP) is 2.01. The van der Waals surface area contributed by atoms with E-state index in [0.717, 1.165) is 6.42 Å². The minimum atomic E-state index is 1.11. The number of aryl methyl sites for hydroxylation is 2. The third kappa shape index (κ3) is 0.892. The Morgan fingerprint density at radius 3 is 2.75 bits per heavy atom. The minimum Gasteiger partial charge on any atom is -0.201 e. The molecule has 2 heteroatoms. The number of rotatable bonds is 1. The van der Waals surface area contributed by atoms with Crippen LogP contribution in [0.2, 0.25) is 0 Å². The second kappa shape index (κ2) is 2.27. The maximum Gasteiger partial charge on any atom is 0.0441 e. The molecule has 0 amide bonds. The first-order valence-corrected chi connectivity index (χ1v) is 3.52. The highest BCUT2D eigenvalue weighted by Gasteiger charge is 1.94. The first-order chi connectivity index (χ1) is 3.84. The Bertz CT molecular complexity index is 169. The third-order valence-corrected chi connectivity index (χ3v) is 1.98. The molecule has 0 saturated heterocycles. The fourth-order valence-electron chi connectivity index (χ4n) is 0.659. The van der Waals surface area contributed by atoms with Gasteiger partial charge >= 0.3 is 0 Å². The summed E-state index contributed by atoms with van der Waals surface area (Å²) in [6.07, 6.45) is 3.06. The van der Waals surface area contributed by atoms with Gasteiger partial charge in [0.1, 0.15) is 0 Å². The molecule has 0 spiro atoms. The zero-order valence-electron chi connectivity index (χ0n) is 5.14. The highest BCUT2D eigenvalue weighted by atomic mass is 32.1. The molecule has 44 valence electrons. The van der Waals surface area contributed by atoms with Crippen molar-refractivity contribution in [3.63, 3.8) is 0 Å². The SMILES string of the molecule is CCc1cnsc1C. The summed E-state index contributed by atoms with van der Waals surface area (Å²) in [5.74, 6) is 0. The van der Waals surface area contributed by atoms with Gasteiger partial charge in [0, 0.05) is 11.1 Å². The molecule has 0 saturated carbocycles. The summed E-state index contributed by atoms with van der Waals surface area (Å²) in [4.78, 5) is 1.35. The Labute approximate surface area is 53.5 Å². The van der Waals surface area contributed by atoms with Gasteiger partial charge in [0.15, 0.2) is 0 Å². The lowest BCUT2D eigenvalue weighted by molar-refractivity contribution is 1.12. The maximum atomic E-state index is 4.03. The summed E-state index contributed by atoms with van der Waals surface area (Å²) in [6, 6.07) is 0. The lowest BCUT2D eigenvalue weighted by Crippen LogP contribution is -1.74. The smallest absolute Gasteiger partial charge is 0.0441 e. The average Bonchev–Trinajstić information content (AvgIpc) is 2.14. The van der Waals surface area contributed by atoms with Crippen LogP contribution in [0.3, 0.4) is 0 Å². The molecule has 1 nitrogen and oxygen atoms in total. The van der Waals surface area contributed by atoms with Crippen molar-refractivity contribution >= 4 is 11.5 Å². The number of hydrogen-bond donors (Lipinski definition) is 0. The van der Waals surface area contributed by atoms with Gasteiger partial charge in [0.05, 0.1) is 0 Å². The van der Waals surface area contributed by atoms with Gasteiger partial charge in [-0.15, -0.1) is 0 Å². The van der Waals surface area contributed by atoms with Gasteiger partial charge in [-0.25, -0.2) is 4.37 Å². The summed E-state index contributed by atoms with van der Waals surface area (Å²) in [7, 11) is 0. The highest BCUT2D eigenvalue weighted by Crippen LogP contribution is 2.10. The van der Waals surface area contributed by atoms with E-state index < -0.39 is 0 Å². The Hall–Kier alpha value is -0.370. The van der Waals surface area contributed by atoms with E-state index in [1.54, 1.807) is 11.5 Å². The Kier molecular flexibility index (Phi) is 1.63. The molecule has 0 atom stereocenters. The first kappa shape index (κ1) is 5.76. The van der Waals surface area contributed by atoms with Gasteiger partial charge in [-0.1, -0.05) is 6.92 Å². The minimum absolute atomic E-state index is 1.11. The summed E-state index contributed by atoms with van der Waals surface area (Å²) in [5.41, 5.74) is 1.38.